The average Bonchev–Trinajstić information content (AvgIpc) is 1.88. The topological polar surface area (TPSA) is 40.1 Å². The predicted molar refractivity (Wildman–Crippen MR) is 41.9 cm³/mol. The van der Waals surface area contributed by atoms with Crippen molar-refractivity contribution in [1.29, 1.82) is 0 Å². The van der Waals surface area contributed by atoms with Crippen molar-refractivity contribution in [3.63, 3.8) is 0 Å². The molecule has 0 saturated heterocycles. The van der Waals surface area contributed by atoms with Crippen LogP contribution in [0.5, 0.6) is 0 Å². The first kappa shape index (κ1) is 11.4. The standard InChI is InChI=1S/C8H14O2.Tl/c1-6-3-2-4-7(5-6)8(9)10;/h6-7H,2-5H2,1H3,(H,9,10);/q;+1/p-1. The molecule has 2 nitrogen and oxygen atoms in total. The number of rotatable bonds is 1. The molecule has 0 N–H and O–H groups in total. The summed E-state index contributed by atoms with van der Waals surface area (Å²) < 4.78 is 0. The van der Waals surface area contributed by atoms with E-state index in [4.69, 9.17) is 0 Å². The van der Waals surface area contributed by atoms with Crippen molar-refractivity contribution in [3.05, 3.63) is 0 Å². The van der Waals surface area contributed by atoms with E-state index in [2.05, 4.69) is 6.92 Å². The summed E-state index contributed by atoms with van der Waals surface area (Å²) in [5.74, 6) is -0.438. The fourth-order valence-electron chi connectivity index (χ4n) is 1.65. The van der Waals surface area contributed by atoms with E-state index in [1.165, 1.54) is 6.42 Å². The summed E-state index contributed by atoms with van der Waals surface area (Å²) in [6.45, 7) is 2.11. The maximum absolute atomic E-state index is 10.4. The van der Waals surface area contributed by atoms with Gasteiger partial charge < -0.3 is 9.90 Å². The minimum Gasteiger partial charge on any atom is -0.550 e. The second kappa shape index (κ2) is 5.11. The minimum atomic E-state index is -0.855. The van der Waals surface area contributed by atoms with E-state index in [-0.39, 0.29) is 33.2 Å². The number of carbonyl (C=O) groups is 1. The minimum absolute atomic E-state index is 0. The molecule has 60 valence electrons. The first-order valence-electron chi connectivity index (χ1n) is 3.91. The zero-order valence-corrected chi connectivity index (χ0v) is 11.4. The predicted octanol–water partition coefficient (Wildman–Crippen LogP) is 0.182. The van der Waals surface area contributed by atoms with Gasteiger partial charge in [-0.05, 0) is 24.7 Å². The zero-order valence-electron chi connectivity index (χ0n) is 6.88. The summed E-state index contributed by atoms with van der Waals surface area (Å²) in [6, 6.07) is 0. The van der Waals surface area contributed by atoms with E-state index in [1.807, 2.05) is 0 Å². The van der Waals surface area contributed by atoms with Crippen molar-refractivity contribution < 1.29 is 9.90 Å². The summed E-state index contributed by atoms with van der Waals surface area (Å²) in [5.41, 5.74) is 0. The fraction of sp³-hybridized carbons (Fsp3) is 0.875. The third kappa shape index (κ3) is 3.53. The summed E-state index contributed by atoms with van der Waals surface area (Å²) in [6.07, 6.45) is 3.89. The van der Waals surface area contributed by atoms with Gasteiger partial charge in [-0.3, -0.25) is 0 Å². The molecule has 1 saturated carbocycles. The van der Waals surface area contributed by atoms with E-state index >= 15 is 0 Å². The molecular weight excluding hydrogens is 332 g/mol. The van der Waals surface area contributed by atoms with E-state index in [9.17, 15) is 9.90 Å². The monoisotopic (exact) mass is 346 g/mol. The number of carboxylic acid groups (broad SMARTS) is 1. The molecular formula is C8H13O2Tl. The molecule has 0 radical (unpaired) electrons. The largest absolute Gasteiger partial charge is 1.00 e. The van der Waals surface area contributed by atoms with Gasteiger partial charge >= 0.3 is 27.3 Å². The number of carbonyl (C=O) groups excluding carboxylic acids is 1. The first-order valence-corrected chi connectivity index (χ1v) is 3.91. The van der Waals surface area contributed by atoms with Crippen molar-refractivity contribution in [3.8, 4) is 0 Å². The van der Waals surface area contributed by atoms with Crippen LogP contribution in [0.15, 0.2) is 0 Å². The number of hydrogen-bond acceptors (Lipinski definition) is 2. The Hall–Kier alpha value is 0.392. The van der Waals surface area contributed by atoms with Crippen LogP contribution in [0.4, 0.5) is 0 Å². The second-order valence-corrected chi connectivity index (χ2v) is 3.29. The van der Waals surface area contributed by atoms with Crippen molar-refractivity contribution in [1.82, 2.24) is 0 Å². The van der Waals surface area contributed by atoms with Crippen LogP contribution in [0, 0.1) is 11.8 Å². The van der Waals surface area contributed by atoms with Gasteiger partial charge in [-0.15, -0.1) is 0 Å². The van der Waals surface area contributed by atoms with Crippen LogP contribution in [0.3, 0.4) is 0 Å². The van der Waals surface area contributed by atoms with E-state index in [0.717, 1.165) is 19.3 Å². The third-order valence-corrected chi connectivity index (χ3v) is 2.27. The van der Waals surface area contributed by atoms with Gasteiger partial charge in [-0.25, -0.2) is 0 Å². The van der Waals surface area contributed by atoms with Crippen molar-refractivity contribution >= 4 is 33.3 Å². The molecule has 0 aliphatic heterocycles. The Bertz CT molecular complexity index is 136. The Kier molecular flexibility index (Phi) is 5.29. The molecule has 1 aliphatic rings. The van der Waals surface area contributed by atoms with Gasteiger partial charge in [-0.1, -0.05) is 19.8 Å². The molecule has 1 fully saturated rings. The number of aliphatic carboxylic acids is 1. The average molecular weight is 346 g/mol. The molecule has 0 aromatic heterocycles. The first-order chi connectivity index (χ1) is 4.70. The Morgan fingerprint density at radius 2 is 2.09 bits per heavy atom. The molecule has 0 heterocycles. The smallest absolute Gasteiger partial charge is 0.550 e. The van der Waals surface area contributed by atoms with Gasteiger partial charge in [-0.2, -0.15) is 0 Å². The molecule has 0 aromatic carbocycles. The van der Waals surface area contributed by atoms with Crippen molar-refractivity contribution in [2.24, 2.45) is 11.8 Å². The van der Waals surface area contributed by atoms with Gasteiger partial charge in [0.25, 0.3) is 0 Å². The number of carboxylic acids is 1. The van der Waals surface area contributed by atoms with Gasteiger partial charge in [0.1, 0.15) is 0 Å². The Morgan fingerprint density at radius 3 is 2.45 bits per heavy atom. The SMILES string of the molecule is CC1CCCC(C(=O)[O-])C1.[Tl+]. The van der Waals surface area contributed by atoms with Crippen molar-refractivity contribution in [2.45, 2.75) is 32.6 Å². The van der Waals surface area contributed by atoms with E-state index in [0.29, 0.717) is 5.92 Å². The van der Waals surface area contributed by atoms with Crippen LogP contribution in [-0.4, -0.2) is 33.3 Å². The van der Waals surface area contributed by atoms with Gasteiger partial charge in [0, 0.05) is 5.97 Å². The van der Waals surface area contributed by atoms with Crippen LogP contribution < -0.4 is 5.11 Å². The van der Waals surface area contributed by atoms with Gasteiger partial charge in [0.2, 0.25) is 0 Å². The van der Waals surface area contributed by atoms with Crippen LogP contribution >= 0.6 is 0 Å². The molecule has 0 aromatic rings. The molecule has 2 atom stereocenters. The Morgan fingerprint density at radius 1 is 1.45 bits per heavy atom. The van der Waals surface area contributed by atoms with Gasteiger partial charge in [0.15, 0.2) is 0 Å². The molecule has 1 rings (SSSR count). The van der Waals surface area contributed by atoms with E-state index in [1.54, 1.807) is 0 Å². The quantitative estimate of drug-likeness (QED) is 0.636. The number of hydrogen-bond donors (Lipinski definition) is 0. The van der Waals surface area contributed by atoms with Crippen LogP contribution in [0.1, 0.15) is 32.6 Å². The molecule has 0 bridgehead atoms. The van der Waals surface area contributed by atoms with E-state index < -0.39 is 5.97 Å². The summed E-state index contributed by atoms with van der Waals surface area (Å²) in [4.78, 5) is 10.4. The van der Waals surface area contributed by atoms with Crippen LogP contribution in [0.2, 0.25) is 0 Å². The maximum Gasteiger partial charge on any atom is 1.00 e. The summed E-state index contributed by atoms with van der Waals surface area (Å²) in [7, 11) is 0. The normalized spacial score (nSPS) is 30.6. The zero-order chi connectivity index (χ0) is 7.56. The van der Waals surface area contributed by atoms with Gasteiger partial charge in [0.05, 0.1) is 0 Å². The maximum atomic E-state index is 10.4. The Labute approximate surface area is 87.5 Å². The Balaban J connectivity index is 0.000001000. The molecule has 3 heteroatoms. The van der Waals surface area contributed by atoms with Crippen molar-refractivity contribution in [2.75, 3.05) is 0 Å². The second-order valence-electron chi connectivity index (χ2n) is 3.29. The van der Waals surface area contributed by atoms with Crippen LogP contribution in [0.25, 0.3) is 0 Å². The summed E-state index contributed by atoms with van der Waals surface area (Å²) in [5, 5.41) is 10.4. The molecule has 2 unspecified atom stereocenters. The molecule has 1 aliphatic carbocycles. The summed E-state index contributed by atoms with van der Waals surface area (Å²) >= 11 is 0. The molecule has 11 heavy (non-hydrogen) atoms. The third-order valence-electron chi connectivity index (χ3n) is 2.27. The molecule has 0 spiro atoms. The molecule has 0 amide bonds. The van der Waals surface area contributed by atoms with Crippen LogP contribution in [-0.2, 0) is 4.79 Å². The fourth-order valence-corrected chi connectivity index (χ4v) is 1.65.